The molecule has 8 nitrogen and oxygen atoms in total. The number of carbonyl (C=O) groups is 3. The van der Waals surface area contributed by atoms with Crippen LogP contribution in [0.4, 0.5) is 4.79 Å². The fourth-order valence-corrected chi connectivity index (χ4v) is 1.45. The van der Waals surface area contributed by atoms with E-state index in [0.29, 0.717) is 12.3 Å². The summed E-state index contributed by atoms with van der Waals surface area (Å²) in [6.07, 6.45) is 1.45. The van der Waals surface area contributed by atoms with Crippen LogP contribution >= 0.6 is 0 Å². The number of carboxylic acid groups (broad SMARTS) is 1. The predicted octanol–water partition coefficient (Wildman–Crippen LogP) is 0.532. The van der Waals surface area contributed by atoms with Gasteiger partial charge in [0.2, 0.25) is 0 Å². The summed E-state index contributed by atoms with van der Waals surface area (Å²) in [5, 5.41) is 13.8. The lowest BCUT2D eigenvalue weighted by Crippen LogP contribution is -2.36. The van der Waals surface area contributed by atoms with Gasteiger partial charge in [-0.25, -0.2) is 9.59 Å². The smallest absolute Gasteiger partial charge is 0.335 e. The van der Waals surface area contributed by atoms with Crippen molar-refractivity contribution in [3.8, 4) is 0 Å². The van der Waals surface area contributed by atoms with E-state index in [1.165, 1.54) is 18.3 Å². The van der Waals surface area contributed by atoms with E-state index in [2.05, 4.69) is 15.6 Å². The second kappa shape index (κ2) is 8.51. The number of ether oxygens (including phenoxy) is 1. The van der Waals surface area contributed by atoms with E-state index < -0.39 is 12.0 Å². The van der Waals surface area contributed by atoms with Crippen molar-refractivity contribution in [3.05, 3.63) is 29.6 Å². The molecule has 0 bridgehead atoms. The van der Waals surface area contributed by atoms with Gasteiger partial charge in [0.25, 0.3) is 0 Å². The van der Waals surface area contributed by atoms with Gasteiger partial charge in [-0.05, 0) is 19.1 Å². The predicted molar refractivity (Wildman–Crippen MR) is 72.7 cm³/mol. The van der Waals surface area contributed by atoms with E-state index in [1.807, 2.05) is 0 Å². The van der Waals surface area contributed by atoms with Gasteiger partial charge < -0.3 is 20.5 Å². The van der Waals surface area contributed by atoms with Gasteiger partial charge in [-0.1, -0.05) is 0 Å². The van der Waals surface area contributed by atoms with Gasteiger partial charge in [0.05, 0.1) is 30.8 Å². The Kier molecular flexibility index (Phi) is 6.66. The number of carbonyl (C=O) groups excluding carboxylic acids is 2. The van der Waals surface area contributed by atoms with Crippen LogP contribution in [-0.2, 0) is 16.1 Å². The molecular weight excluding hydrogens is 278 g/mol. The van der Waals surface area contributed by atoms with E-state index in [-0.39, 0.29) is 31.0 Å². The molecule has 1 aromatic heterocycles. The summed E-state index contributed by atoms with van der Waals surface area (Å²) in [6.45, 7) is 2.26. The average molecular weight is 295 g/mol. The first kappa shape index (κ1) is 16.4. The van der Waals surface area contributed by atoms with Crippen molar-refractivity contribution in [1.82, 2.24) is 15.6 Å². The molecule has 1 heterocycles. The van der Waals surface area contributed by atoms with E-state index in [9.17, 15) is 14.4 Å². The molecule has 0 radical (unpaired) electrons. The molecule has 0 spiro atoms. The zero-order valence-electron chi connectivity index (χ0n) is 11.6. The van der Waals surface area contributed by atoms with Crippen LogP contribution in [0.1, 0.15) is 29.4 Å². The molecule has 3 N–H and O–H groups in total. The maximum atomic E-state index is 11.5. The fraction of sp³-hybridized carbons (Fsp3) is 0.385. The number of esters is 1. The van der Waals surface area contributed by atoms with Crippen LogP contribution in [0.15, 0.2) is 18.3 Å². The quantitative estimate of drug-likeness (QED) is 0.632. The molecule has 0 saturated carbocycles. The van der Waals surface area contributed by atoms with Crippen molar-refractivity contribution < 1.29 is 24.2 Å². The highest BCUT2D eigenvalue weighted by molar-refractivity contribution is 5.87. The zero-order chi connectivity index (χ0) is 15.7. The summed E-state index contributed by atoms with van der Waals surface area (Å²) >= 11 is 0. The summed E-state index contributed by atoms with van der Waals surface area (Å²) in [7, 11) is 0. The van der Waals surface area contributed by atoms with Crippen LogP contribution in [0.2, 0.25) is 0 Å². The Hall–Kier alpha value is -2.64. The SMILES string of the molecule is CCOC(=O)CCNC(=O)NCc1cc(C(=O)O)ccn1. The van der Waals surface area contributed by atoms with Gasteiger partial charge in [-0.3, -0.25) is 9.78 Å². The molecule has 0 saturated heterocycles. The molecule has 0 aliphatic rings. The van der Waals surface area contributed by atoms with Crippen LogP contribution in [0.25, 0.3) is 0 Å². The molecule has 1 rings (SSSR count). The molecule has 0 unspecified atom stereocenters. The zero-order valence-corrected chi connectivity index (χ0v) is 11.6. The minimum Gasteiger partial charge on any atom is -0.478 e. The number of aromatic carboxylic acids is 1. The second-order valence-electron chi connectivity index (χ2n) is 4.01. The van der Waals surface area contributed by atoms with Gasteiger partial charge in [0, 0.05) is 12.7 Å². The first-order chi connectivity index (χ1) is 10.0. The molecule has 0 fully saturated rings. The molecular formula is C13H17N3O5. The average Bonchev–Trinajstić information content (AvgIpc) is 2.45. The highest BCUT2D eigenvalue weighted by Crippen LogP contribution is 2.01. The third-order valence-electron chi connectivity index (χ3n) is 2.41. The van der Waals surface area contributed by atoms with Crippen LogP contribution in [-0.4, -0.2) is 41.2 Å². The Bertz CT molecular complexity index is 518. The van der Waals surface area contributed by atoms with Crippen LogP contribution in [0.3, 0.4) is 0 Å². The Morgan fingerprint density at radius 3 is 2.76 bits per heavy atom. The van der Waals surface area contributed by atoms with E-state index in [0.717, 1.165) is 0 Å². The number of pyridine rings is 1. The van der Waals surface area contributed by atoms with Gasteiger partial charge >= 0.3 is 18.0 Å². The summed E-state index contributed by atoms with van der Waals surface area (Å²) in [5.41, 5.74) is 0.528. The monoisotopic (exact) mass is 295 g/mol. The molecule has 0 aliphatic heterocycles. The topological polar surface area (TPSA) is 118 Å². The lowest BCUT2D eigenvalue weighted by Gasteiger charge is -2.07. The molecule has 21 heavy (non-hydrogen) atoms. The first-order valence-electron chi connectivity index (χ1n) is 6.38. The molecule has 0 aromatic carbocycles. The van der Waals surface area contributed by atoms with E-state index in [4.69, 9.17) is 9.84 Å². The number of hydrogen-bond donors (Lipinski definition) is 3. The molecule has 0 aliphatic carbocycles. The van der Waals surface area contributed by atoms with E-state index >= 15 is 0 Å². The summed E-state index contributed by atoms with van der Waals surface area (Å²) in [5.74, 6) is -1.44. The van der Waals surface area contributed by atoms with Crippen LogP contribution < -0.4 is 10.6 Å². The number of aromatic nitrogens is 1. The third kappa shape index (κ3) is 6.37. The lowest BCUT2D eigenvalue weighted by atomic mass is 10.2. The molecule has 8 heteroatoms. The molecule has 114 valence electrons. The highest BCUT2D eigenvalue weighted by atomic mass is 16.5. The van der Waals surface area contributed by atoms with Gasteiger partial charge in [-0.15, -0.1) is 0 Å². The summed E-state index contributed by atoms with van der Waals surface area (Å²) < 4.78 is 4.71. The number of nitrogens with one attached hydrogen (secondary N) is 2. The Labute approximate surface area is 121 Å². The minimum atomic E-state index is -1.06. The number of rotatable bonds is 7. The van der Waals surface area contributed by atoms with Gasteiger partial charge in [0.1, 0.15) is 0 Å². The largest absolute Gasteiger partial charge is 0.478 e. The summed E-state index contributed by atoms with van der Waals surface area (Å²) in [4.78, 5) is 37.2. The second-order valence-corrected chi connectivity index (χ2v) is 4.01. The van der Waals surface area contributed by atoms with Crippen molar-refractivity contribution in [3.63, 3.8) is 0 Å². The molecule has 1 aromatic rings. The van der Waals surface area contributed by atoms with Crippen molar-refractivity contribution in [2.75, 3.05) is 13.2 Å². The number of urea groups is 1. The lowest BCUT2D eigenvalue weighted by molar-refractivity contribution is -0.142. The molecule has 0 atom stereocenters. The normalized spacial score (nSPS) is 9.76. The number of hydrogen-bond acceptors (Lipinski definition) is 5. The maximum Gasteiger partial charge on any atom is 0.335 e. The number of amides is 2. The fourth-order valence-electron chi connectivity index (χ4n) is 1.45. The van der Waals surface area contributed by atoms with Crippen LogP contribution in [0, 0.1) is 0 Å². The van der Waals surface area contributed by atoms with Crippen LogP contribution in [0.5, 0.6) is 0 Å². The van der Waals surface area contributed by atoms with E-state index in [1.54, 1.807) is 6.92 Å². The van der Waals surface area contributed by atoms with Crippen molar-refractivity contribution in [1.29, 1.82) is 0 Å². The maximum absolute atomic E-state index is 11.5. The van der Waals surface area contributed by atoms with Gasteiger partial charge in [-0.2, -0.15) is 0 Å². The number of nitrogens with zero attached hydrogens (tertiary/aromatic N) is 1. The minimum absolute atomic E-state index is 0.0896. The standard InChI is InChI=1S/C13H17N3O5/c1-2-21-11(17)4-6-15-13(20)16-8-10-7-9(12(18)19)3-5-14-10/h3,5,7H,2,4,6,8H2,1H3,(H,18,19)(H2,15,16,20). The van der Waals surface area contributed by atoms with Crippen molar-refractivity contribution >= 4 is 18.0 Å². The Morgan fingerprint density at radius 1 is 1.33 bits per heavy atom. The van der Waals surface area contributed by atoms with Gasteiger partial charge in [0.15, 0.2) is 0 Å². The van der Waals surface area contributed by atoms with Crippen molar-refractivity contribution in [2.45, 2.75) is 19.9 Å². The Morgan fingerprint density at radius 2 is 2.10 bits per heavy atom. The molecule has 2 amide bonds. The Balaban J connectivity index is 2.31. The third-order valence-corrected chi connectivity index (χ3v) is 2.41. The number of carboxylic acids is 1. The first-order valence-corrected chi connectivity index (χ1v) is 6.38. The highest BCUT2D eigenvalue weighted by Gasteiger charge is 2.06. The summed E-state index contributed by atoms with van der Waals surface area (Å²) in [6, 6.07) is 2.27. The van der Waals surface area contributed by atoms with Crippen molar-refractivity contribution in [2.24, 2.45) is 0 Å².